The van der Waals surface area contributed by atoms with Gasteiger partial charge in [0.25, 0.3) is 5.56 Å². The van der Waals surface area contributed by atoms with E-state index in [2.05, 4.69) is 38.7 Å². The maximum absolute atomic E-state index is 12.6. The molecule has 0 spiro atoms. The number of rotatable bonds is 4. The summed E-state index contributed by atoms with van der Waals surface area (Å²) in [7, 11) is 0. The molecule has 2 rings (SSSR count). The van der Waals surface area contributed by atoms with Gasteiger partial charge < -0.3 is 5.11 Å². The van der Waals surface area contributed by atoms with E-state index in [0.717, 1.165) is 17.2 Å². The molecule has 116 valence electrons. The van der Waals surface area contributed by atoms with Gasteiger partial charge in [-0.25, -0.2) is 9.78 Å². The van der Waals surface area contributed by atoms with Gasteiger partial charge in [-0.15, -0.1) is 0 Å². The Morgan fingerprint density at radius 1 is 1.23 bits per heavy atom. The average Bonchev–Trinajstić information content (AvgIpc) is 2.45. The standard InChI is InChI=1S/C17H20N2O3/c1-10(2)12-7-13(11(3)4)16-14(8-12)17(22)19(9-18-16)6-5-15(20)21/h5-11H,1-4H3,(H,20,21)/b6-5+. The number of benzene rings is 1. The first-order valence-electron chi connectivity index (χ1n) is 7.27. The minimum atomic E-state index is -1.11. The van der Waals surface area contributed by atoms with Gasteiger partial charge >= 0.3 is 5.97 Å². The van der Waals surface area contributed by atoms with Crippen molar-refractivity contribution in [3.05, 3.63) is 46.0 Å². The van der Waals surface area contributed by atoms with Gasteiger partial charge in [0.2, 0.25) is 0 Å². The molecule has 2 aromatic rings. The quantitative estimate of drug-likeness (QED) is 0.880. The number of carboxylic acids is 1. The van der Waals surface area contributed by atoms with Gasteiger partial charge in [0.05, 0.1) is 10.9 Å². The molecule has 0 atom stereocenters. The second-order valence-corrected chi connectivity index (χ2v) is 5.93. The van der Waals surface area contributed by atoms with Crippen LogP contribution in [0.15, 0.2) is 29.3 Å². The number of carboxylic acid groups (broad SMARTS) is 1. The van der Waals surface area contributed by atoms with Crippen LogP contribution in [0.25, 0.3) is 17.1 Å². The molecule has 0 saturated heterocycles. The molecular formula is C17H20N2O3. The Morgan fingerprint density at radius 2 is 1.91 bits per heavy atom. The van der Waals surface area contributed by atoms with Gasteiger partial charge in [0.1, 0.15) is 6.33 Å². The van der Waals surface area contributed by atoms with E-state index in [9.17, 15) is 9.59 Å². The highest BCUT2D eigenvalue weighted by Crippen LogP contribution is 2.27. The van der Waals surface area contributed by atoms with Gasteiger partial charge in [0, 0.05) is 12.3 Å². The Balaban J connectivity index is 2.77. The van der Waals surface area contributed by atoms with Gasteiger partial charge in [-0.3, -0.25) is 9.36 Å². The highest BCUT2D eigenvalue weighted by molar-refractivity contribution is 5.84. The summed E-state index contributed by atoms with van der Waals surface area (Å²) in [6.45, 7) is 8.28. The van der Waals surface area contributed by atoms with E-state index in [1.54, 1.807) is 0 Å². The van der Waals surface area contributed by atoms with Crippen molar-refractivity contribution >= 4 is 23.1 Å². The smallest absolute Gasteiger partial charge is 0.329 e. The SMILES string of the molecule is CC(C)c1cc(C(C)C)c2ncn(/C=C/C(=O)O)c(=O)c2c1. The number of aliphatic carboxylic acids is 1. The summed E-state index contributed by atoms with van der Waals surface area (Å²) in [5, 5.41) is 9.21. The third kappa shape index (κ3) is 3.08. The number of aromatic nitrogens is 2. The van der Waals surface area contributed by atoms with Gasteiger partial charge in [-0.2, -0.15) is 0 Å². The topological polar surface area (TPSA) is 72.2 Å². The van der Waals surface area contributed by atoms with E-state index < -0.39 is 5.97 Å². The fraction of sp³-hybridized carbons (Fsp3) is 0.353. The maximum atomic E-state index is 12.6. The van der Waals surface area contributed by atoms with Crippen LogP contribution < -0.4 is 5.56 Å². The molecule has 0 unspecified atom stereocenters. The maximum Gasteiger partial charge on any atom is 0.329 e. The van der Waals surface area contributed by atoms with Crippen molar-refractivity contribution in [2.45, 2.75) is 39.5 Å². The number of nitrogens with zero attached hydrogens (tertiary/aromatic N) is 2. The van der Waals surface area contributed by atoms with Crippen LogP contribution in [-0.2, 0) is 4.79 Å². The third-order valence-electron chi connectivity index (χ3n) is 3.60. The zero-order chi connectivity index (χ0) is 16.4. The van der Waals surface area contributed by atoms with Crippen LogP contribution in [0.5, 0.6) is 0 Å². The molecule has 5 nitrogen and oxygen atoms in total. The minimum absolute atomic E-state index is 0.249. The van der Waals surface area contributed by atoms with Crippen LogP contribution in [0.2, 0.25) is 0 Å². The second-order valence-electron chi connectivity index (χ2n) is 5.93. The van der Waals surface area contributed by atoms with E-state index in [0.29, 0.717) is 16.8 Å². The van der Waals surface area contributed by atoms with Crippen LogP contribution in [0.4, 0.5) is 0 Å². The molecule has 0 bridgehead atoms. The zero-order valence-corrected chi connectivity index (χ0v) is 13.2. The molecule has 1 aromatic carbocycles. The molecule has 1 heterocycles. The van der Waals surface area contributed by atoms with Gasteiger partial charge in [0.15, 0.2) is 0 Å². The zero-order valence-electron chi connectivity index (χ0n) is 13.2. The Kier molecular flexibility index (Phi) is 4.45. The molecule has 0 aliphatic rings. The predicted octanol–water partition coefficient (Wildman–Crippen LogP) is 3.20. The predicted molar refractivity (Wildman–Crippen MR) is 87.1 cm³/mol. The number of hydrogen-bond acceptors (Lipinski definition) is 3. The summed E-state index contributed by atoms with van der Waals surface area (Å²) in [6.07, 6.45) is 3.50. The summed E-state index contributed by atoms with van der Waals surface area (Å²) < 4.78 is 1.20. The fourth-order valence-corrected chi connectivity index (χ4v) is 2.32. The lowest BCUT2D eigenvalue weighted by molar-refractivity contribution is -0.131. The third-order valence-corrected chi connectivity index (χ3v) is 3.60. The van der Waals surface area contributed by atoms with Crippen LogP contribution >= 0.6 is 0 Å². The Hall–Kier alpha value is -2.43. The van der Waals surface area contributed by atoms with Crippen molar-refractivity contribution < 1.29 is 9.90 Å². The van der Waals surface area contributed by atoms with Gasteiger partial charge in [-0.1, -0.05) is 33.8 Å². The van der Waals surface area contributed by atoms with Crippen molar-refractivity contribution in [1.29, 1.82) is 0 Å². The molecule has 0 aliphatic heterocycles. The van der Waals surface area contributed by atoms with Crippen LogP contribution in [-0.4, -0.2) is 20.6 Å². The lowest BCUT2D eigenvalue weighted by atomic mass is 9.93. The fourth-order valence-electron chi connectivity index (χ4n) is 2.32. The molecule has 1 aromatic heterocycles. The Bertz CT molecular complexity index is 801. The highest BCUT2D eigenvalue weighted by Gasteiger charge is 2.13. The number of fused-ring (bicyclic) bond motifs is 1. The van der Waals surface area contributed by atoms with Crippen molar-refractivity contribution in [3.8, 4) is 0 Å². The number of carbonyl (C=O) groups is 1. The molecule has 22 heavy (non-hydrogen) atoms. The van der Waals surface area contributed by atoms with Crippen LogP contribution in [0.1, 0.15) is 50.7 Å². The summed E-state index contributed by atoms with van der Waals surface area (Å²) in [5.41, 5.74) is 2.54. The van der Waals surface area contributed by atoms with Crippen LogP contribution in [0, 0.1) is 0 Å². The second kappa shape index (κ2) is 6.13. The Labute approximate surface area is 128 Å². The van der Waals surface area contributed by atoms with E-state index in [4.69, 9.17) is 5.11 Å². The number of hydrogen-bond donors (Lipinski definition) is 1. The highest BCUT2D eigenvalue weighted by atomic mass is 16.4. The molecule has 0 aliphatic carbocycles. The van der Waals surface area contributed by atoms with Crippen molar-refractivity contribution in [2.24, 2.45) is 0 Å². The summed E-state index contributed by atoms with van der Waals surface area (Å²) >= 11 is 0. The summed E-state index contributed by atoms with van der Waals surface area (Å²) in [4.78, 5) is 27.5. The first kappa shape index (κ1) is 15.9. The largest absolute Gasteiger partial charge is 0.478 e. The lowest BCUT2D eigenvalue weighted by Gasteiger charge is -2.14. The minimum Gasteiger partial charge on any atom is -0.478 e. The summed E-state index contributed by atoms with van der Waals surface area (Å²) in [6, 6.07) is 3.95. The van der Waals surface area contributed by atoms with Crippen molar-refractivity contribution in [2.75, 3.05) is 0 Å². The van der Waals surface area contributed by atoms with Crippen LogP contribution in [0.3, 0.4) is 0 Å². The van der Waals surface area contributed by atoms with Gasteiger partial charge in [-0.05, 0) is 29.0 Å². The van der Waals surface area contributed by atoms with Crippen molar-refractivity contribution in [1.82, 2.24) is 9.55 Å². The summed E-state index contributed by atoms with van der Waals surface area (Å²) in [5.74, 6) is -0.561. The molecular weight excluding hydrogens is 280 g/mol. The normalized spacial score (nSPS) is 11.9. The monoisotopic (exact) mass is 300 g/mol. The molecule has 5 heteroatoms. The molecule has 1 N–H and O–H groups in total. The molecule has 0 saturated carbocycles. The van der Waals surface area contributed by atoms with Crippen molar-refractivity contribution in [3.63, 3.8) is 0 Å². The molecule has 0 radical (unpaired) electrons. The molecule has 0 amide bonds. The first-order valence-corrected chi connectivity index (χ1v) is 7.27. The van der Waals surface area contributed by atoms with E-state index in [-0.39, 0.29) is 11.5 Å². The van der Waals surface area contributed by atoms with E-state index in [1.807, 2.05) is 6.07 Å². The first-order chi connectivity index (χ1) is 10.3. The average molecular weight is 300 g/mol. The van der Waals surface area contributed by atoms with E-state index in [1.165, 1.54) is 17.1 Å². The van der Waals surface area contributed by atoms with E-state index >= 15 is 0 Å². The molecule has 0 fully saturated rings. The Morgan fingerprint density at radius 3 is 2.45 bits per heavy atom. The lowest BCUT2D eigenvalue weighted by Crippen LogP contribution is -2.17.